The Morgan fingerprint density at radius 2 is 2.33 bits per heavy atom. The molecule has 3 rings (SSSR count). The number of carbonyl (C=O) groups is 1. The number of aromatic nitrogens is 2. The van der Waals surface area contributed by atoms with Crippen molar-refractivity contribution < 1.29 is 9.90 Å². The molecule has 2 aliphatic rings. The van der Waals surface area contributed by atoms with Crippen molar-refractivity contribution in [2.24, 2.45) is 0 Å². The maximum atomic E-state index is 11.2. The highest BCUT2D eigenvalue weighted by Crippen LogP contribution is 2.30. The molecule has 98 valence electrons. The Morgan fingerprint density at radius 1 is 1.50 bits per heavy atom. The topological polar surface area (TPSA) is 58.4 Å². The van der Waals surface area contributed by atoms with Gasteiger partial charge in [0.1, 0.15) is 11.9 Å². The van der Waals surface area contributed by atoms with E-state index in [1.165, 1.54) is 0 Å². The van der Waals surface area contributed by atoms with Crippen molar-refractivity contribution in [3.63, 3.8) is 0 Å². The summed E-state index contributed by atoms with van der Waals surface area (Å²) in [7, 11) is 2.12. The maximum Gasteiger partial charge on any atom is 0.326 e. The van der Waals surface area contributed by atoms with Crippen LogP contribution >= 0.6 is 0 Å². The number of rotatable bonds is 2. The lowest BCUT2D eigenvalue weighted by atomic mass is 10.0. The number of carboxylic acid groups (broad SMARTS) is 1. The third kappa shape index (κ3) is 1.92. The molecule has 0 aromatic carbocycles. The number of fused-ring (bicyclic) bond motifs is 1. The van der Waals surface area contributed by atoms with Gasteiger partial charge in [-0.2, -0.15) is 0 Å². The van der Waals surface area contributed by atoms with Gasteiger partial charge in [0.25, 0.3) is 0 Å². The first-order valence-corrected chi connectivity index (χ1v) is 6.64. The minimum absolute atomic E-state index is 0.408. The Morgan fingerprint density at radius 3 is 3.00 bits per heavy atom. The van der Waals surface area contributed by atoms with Crippen LogP contribution in [0.5, 0.6) is 0 Å². The minimum atomic E-state index is -0.733. The van der Waals surface area contributed by atoms with Gasteiger partial charge < -0.3 is 14.6 Å². The van der Waals surface area contributed by atoms with Gasteiger partial charge in [0.05, 0.1) is 5.69 Å². The Balaban J connectivity index is 1.89. The molecule has 5 nitrogen and oxygen atoms in total. The highest BCUT2D eigenvalue weighted by molar-refractivity contribution is 5.72. The Kier molecular flexibility index (Phi) is 2.86. The molecule has 0 aliphatic carbocycles. The van der Waals surface area contributed by atoms with Gasteiger partial charge in [0, 0.05) is 25.1 Å². The fraction of sp³-hybridized carbons (Fsp3) is 0.692. The predicted octanol–water partition coefficient (Wildman–Crippen LogP) is 1.26. The summed E-state index contributed by atoms with van der Waals surface area (Å²) in [5.74, 6) is 0.698. The largest absolute Gasteiger partial charge is 0.480 e. The number of imidazole rings is 1. The lowest BCUT2D eigenvalue weighted by Gasteiger charge is -2.21. The van der Waals surface area contributed by atoms with Crippen molar-refractivity contribution in [3.05, 3.63) is 17.7 Å². The molecule has 1 saturated heterocycles. The second kappa shape index (κ2) is 4.39. The quantitative estimate of drug-likeness (QED) is 0.857. The van der Waals surface area contributed by atoms with E-state index in [-0.39, 0.29) is 0 Å². The number of aryl methyl sites for hydroxylation is 1. The highest BCUT2D eigenvalue weighted by Gasteiger charge is 2.30. The second-order valence-corrected chi connectivity index (χ2v) is 5.48. The number of likely N-dealkylation sites (tertiary alicyclic amines) is 1. The number of hydrogen-bond donors (Lipinski definition) is 1. The van der Waals surface area contributed by atoms with E-state index >= 15 is 0 Å². The number of carboxylic acids is 1. The highest BCUT2D eigenvalue weighted by atomic mass is 16.4. The summed E-state index contributed by atoms with van der Waals surface area (Å²) in [5.41, 5.74) is 1.09. The van der Waals surface area contributed by atoms with Crippen LogP contribution in [-0.4, -0.2) is 45.7 Å². The van der Waals surface area contributed by atoms with E-state index in [1.54, 1.807) is 0 Å². The summed E-state index contributed by atoms with van der Waals surface area (Å²) in [6.07, 6.45) is 5.68. The SMILES string of the molecule is CN1CCC(c2cn3c(n2)CCCC3C(=O)O)C1. The molecule has 2 atom stereocenters. The van der Waals surface area contributed by atoms with Crippen molar-refractivity contribution in [1.82, 2.24) is 14.5 Å². The van der Waals surface area contributed by atoms with Crippen LogP contribution in [-0.2, 0) is 11.2 Å². The number of nitrogens with zero attached hydrogens (tertiary/aromatic N) is 3. The smallest absolute Gasteiger partial charge is 0.326 e. The lowest BCUT2D eigenvalue weighted by Crippen LogP contribution is -2.24. The van der Waals surface area contributed by atoms with Crippen molar-refractivity contribution in [2.45, 2.75) is 37.6 Å². The van der Waals surface area contributed by atoms with Gasteiger partial charge in [-0.15, -0.1) is 0 Å². The number of aliphatic carboxylic acids is 1. The van der Waals surface area contributed by atoms with E-state index in [2.05, 4.69) is 16.9 Å². The molecule has 3 heterocycles. The molecule has 1 fully saturated rings. The maximum absolute atomic E-state index is 11.2. The first-order valence-electron chi connectivity index (χ1n) is 6.64. The van der Waals surface area contributed by atoms with Gasteiger partial charge in [-0.05, 0) is 32.9 Å². The zero-order chi connectivity index (χ0) is 12.7. The molecule has 0 spiro atoms. The molecule has 0 amide bonds. The van der Waals surface area contributed by atoms with Crippen LogP contribution in [0, 0.1) is 0 Å². The van der Waals surface area contributed by atoms with Crippen molar-refractivity contribution in [3.8, 4) is 0 Å². The van der Waals surface area contributed by atoms with Crippen molar-refractivity contribution in [1.29, 1.82) is 0 Å². The number of likely N-dealkylation sites (N-methyl/N-ethyl adjacent to an activating group) is 1. The number of hydrogen-bond acceptors (Lipinski definition) is 3. The summed E-state index contributed by atoms with van der Waals surface area (Å²) in [6.45, 7) is 2.14. The summed E-state index contributed by atoms with van der Waals surface area (Å²) in [5, 5.41) is 9.24. The molecule has 0 radical (unpaired) electrons. The summed E-state index contributed by atoms with van der Waals surface area (Å²) in [4.78, 5) is 18.2. The monoisotopic (exact) mass is 249 g/mol. The zero-order valence-electron chi connectivity index (χ0n) is 10.7. The Bertz CT molecular complexity index is 469. The van der Waals surface area contributed by atoms with Crippen LogP contribution in [0.2, 0.25) is 0 Å². The zero-order valence-corrected chi connectivity index (χ0v) is 10.7. The first kappa shape index (κ1) is 11.7. The summed E-state index contributed by atoms with van der Waals surface area (Å²) in [6, 6.07) is -0.408. The fourth-order valence-electron chi connectivity index (χ4n) is 3.12. The van der Waals surface area contributed by atoms with Gasteiger partial charge in [-0.25, -0.2) is 9.78 Å². The average molecular weight is 249 g/mol. The van der Waals surface area contributed by atoms with E-state index in [0.717, 1.165) is 50.3 Å². The predicted molar refractivity (Wildman–Crippen MR) is 66.7 cm³/mol. The van der Waals surface area contributed by atoms with Crippen molar-refractivity contribution in [2.75, 3.05) is 20.1 Å². The Hall–Kier alpha value is -1.36. The molecule has 1 aromatic heterocycles. The van der Waals surface area contributed by atoms with Gasteiger partial charge >= 0.3 is 5.97 Å². The molecule has 1 N–H and O–H groups in total. The van der Waals surface area contributed by atoms with E-state index in [1.807, 2.05) is 10.8 Å². The van der Waals surface area contributed by atoms with Gasteiger partial charge in [-0.3, -0.25) is 0 Å². The lowest BCUT2D eigenvalue weighted by molar-refractivity contribution is -0.141. The first-order chi connectivity index (χ1) is 8.65. The molecule has 0 saturated carbocycles. The van der Waals surface area contributed by atoms with Crippen LogP contribution in [0.25, 0.3) is 0 Å². The minimum Gasteiger partial charge on any atom is -0.480 e. The molecule has 0 bridgehead atoms. The third-order valence-corrected chi connectivity index (χ3v) is 4.14. The van der Waals surface area contributed by atoms with E-state index in [4.69, 9.17) is 0 Å². The van der Waals surface area contributed by atoms with Crippen molar-refractivity contribution >= 4 is 5.97 Å². The molecular formula is C13H19N3O2. The summed E-state index contributed by atoms with van der Waals surface area (Å²) < 4.78 is 1.89. The third-order valence-electron chi connectivity index (χ3n) is 4.14. The van der Waals surface area contributed by atoms with Crippen LogP contribution in [0.15, 0.2) is 6.20 Å². The fourth-order valence-corrected chi connectivity index (χ4v) is 3.12. The van der Waals surface area contributed by atoms with E-state index < -0.39 is 12.0 Å². The van der Waals surface area contributed by atoms with Gasteiger partial charge in [0.15, 0.2) is 0 Å². The average Bonchev–Trinajstić information content (AvgIpc) is 2.93. The van der Waals surface area contributed by atoms with Gasteiger partial charge in [-0.1, -0.05) is 0 Å². The molecule has 18 heavy (non-hydrogen) atoms. The van der Waals surface area contributed by atoms with Crippen LogP contribution < -0.4 is 0 Å². The standard InChI is InChI=1S/C13H19N3O2/c1-15-6-5-9(7-15)10-8-16-11(13(17)18)3-2-4-12(16)14-10/h8-9,11H,2-7H2,1H3,(H,17,18). The van der Waals surface area contributed by atoms with E-state index in [9.17, 15) is 9.90 Å². The molecule has 2 unspecified atom stereocenters. The molecule has 1 aromatic rings. The normalized spacial score (nSPS) is 28.3. The van der Waals surface area contributed by atoms with Gasteiger partial charge in [0.2, 0.25) is 0 Å². The second-order valence-electron chi connectivity index (χ2n) is 5.48. The molecule has 5 heteroatoms. The molecule has 2 aliphatic heterocycles. The molecular weight excluding hydrogens is 230 g/mol. The van der Waals surface area contributed by atoms with E-state index in [0.29, 0.717) is 5.92 Å². The summed E-state index contributed by atoms with van der Waals surface area (Å²) >= 11 is 0. The van der Waals surface area contributed by atoms with Crippen LogP contribution in [0.3, 0.4) is 0 Å². The van der Waals surface area contributed by atoms with Crippen LogP contribution in [0.4, 0.5) is 0 Å². The van der Waals surface area contributed by atoms with Crippen LogP contribution in [0.1, 0.15) is 42.7 Å². The Labute approximate surface area is 106 Å².